The van der Waals surface area contributed by atoms with Crippen LogP contribution in [0.15, 0.2) is 4.99 Å². The van der Waals surface area contributed by atoms with Crippen molar-refractivity contribution in [2.24, 2.45) is 16.6 Å². The lowest BCUT2D eigenvalue weighted by atomic mass is 9.83. The smallest absolute Gasteiger partial charge is 0.370 e. The van der Waals surface area contributed by atoms with Crippen LogP contribution in [0.3, 0.4) is 0 Å². The van der Waals surface area contributed by atoms with E-state index in [1.54, 1.807) is 0 Å². The number of nitrogens with zero attached hydrogens (tertiary/aromatic N) is 2. The largest absolute Gasteiger partial charge is 0.391 e. The van der Waals surface area contributed by atoms with Crippen molar-refractivity contribution >= 4 is 29.9 Å². The van der Waals surface area contributed by atoms with Gasteiger partial charge in [-0.3, -0.25) is 4.99 Å². The summed E-state index contributed by atoms with van der Waals surface area (Å²) in [6, 6.07) is 1.09. The molecule has 0 aromatic carbocycles. The molecule has 3 fully saturated rings. The molecule has 1 heterocycles. The van der Waals surface area contributed by atoms with Gasteiger partial charge in [-0.2, -0.15) is 13.2 Å². The number of hydrogen-bond acceptors (Lipinski definition) is 2. The summed E-state index contributed by atoms with van der Waals surface area (Å²) in [5.41, 5.74) is 6.01. The highest BCUT2D eigenvalue weighted by Crippen LogP contribution is 2.36. The van der Waals surface area contributed by atoms with E-state index in [1.807, 2.05) is 0 Å². The number of hydrogen-bond donors (Lipinski definition) is 2. The predicted molar refractivity (Wildman–Crippen MR) is 104 cm³/mol. The number of rotatable bonds is 3. The lowest BCUT2D eigenvalue weighted by molar-refractivity contribution is -0.187. The second-order valence-electron chi connectivity index (χ2n) is 7.62. The minimum atomic E-state index is -4.03. The van der Waals surface area contributed by atoms with Crippen molar-refractivity contribution in [2.45, 2.75) is 82.1 Å². The lowest BCUT2D eigenvalue weighted by Gasteiger charge is -2.46. The van der Waals surface area contributed by atoms with Crippen LogP contribution in [0.25, 0.3) is 0 Å². The molecule has 8 heteroatoms. The fourth-order valence-corrected chi connectivity index (χ4v) is 4.25. The molecule has 1 aliphatic heterocycles. The van der Waals surface area contributed by atoms with Gasteiger partial charge < -0.3 is 16.0 Å². The maximum atomic E-state index is 12.7. The Morgan fingerprint density at radius 2 is 1.60 bits per heavy atom. The summed E-state index contributed by atoms with van der Waals surface area (Å²) in [5.74, 6) is -0.567. The molecule has 0 radical (unpaired) electrons. The zero-order valence-corrected chi connectivity index (χ0v) is 16.9. The summed E-state index contributed by atoms with van der Waals surface area (Å²) in [7, 11) is 0. The summed E-state index contributed by atoms with van der Waals surface area (Å²) in [6.45, 7) is 1.13. The van der Waals surface area contributed by atoms with Crippen LogP contribution in [0, 0.1) is 5.92 Å². The molecule has 0 aromatic heterocycles. The number of nitrogens with one attached hydrogen (secondary N) is 1. The van der Waals surface area contributed by atoms with Crippen molar-refractivity contribution in [1.82, 2.24) is 10.2 Å². The van der Waals surface area contributed by atoms with E-state index in [-0.39, 0.29) is 36.8 Å². The van der Waals surface area contributed by atoms with Gasteiger partial charge in [0.05, 0.1) is 12.0 Å². The van der Waals surface area contributed by atoms with Crippen LogP contribution in [0.2, 0.25) is 0 Å². The number of piperidine rings is 1. The van der Waals surface area contributed by atoms with Gasteiger partial charge in [-0.25, -0.2) is 0 Å². The molecular weight excluding hydrogens is 444 g/mol. The molecule has 25 heavy (non-hydrogen) atoms. The van der Waals surface area contributed by atoms with Gasteiger partial charge in [-0.05, 0) is 51.6 Å². The van der Waals surface area contributed by atoms with Crippen molar-refractivity contribution in [1.29, 1.82) is 0 Å². The van der Waals surface area contributed by atoms with Gasteiger partial charge in [0.15, 0.2) is 5.96 Å². The Bertz CT molecular complexity index is 438. The molecule has 2 saturated carbocycles. The van der Waals surface area contributed by atoms with Crippen LogP contribution in [-0.4, -0.2) is 48.3 Å². The van der Waals surface area contributed by atoms with Gasteiger partial charge in [-0.1, -0.05) is 19.3 Å². The van der Waals surface area contributed by atoms with Crippen molar-refractivity contribution in [3.8, 4) is 0 Å². The molecule has 0 aromatic rings. The van der Waals surface area contributed by atoms with Crippen LogP contribution in [0.5, 0.6) is 0 Å². The van der Waals surface area contributed by atoms with Gasteiger partial charge >= 0.3 is 6.18 Å². The SMILES string of the molecule is I.NC(=NC1CCCCC1)NC1CC(N2CCC(C(F)(F)F)CC2)C1. The number of guanidine groups is 1. The molecule has 0 spiro atoms. The third kappa shape index (κ3) is 5.87. The Morgan fingerprint density at radius 1 is 1.00 bits per heavy atom. The van der Waals surface area contributed by atoms with Gasteiger partial charge in [0, 0.05) is 12.1 Å². The molecule has 0 amide bonds. The van der Waals surface area contributed by atoms with E-state index in [0.717, 1.165) is 25.7 Å². The number of nitrogens with two attached hydrogens (primary N) is 1. The zero-order valence-electron chi connectivity index (χ0n) is 14.6. The van der Waals surface area contributed by atoms with Crippen LogP contribution >= 0.6 is 24.0 Å². The molecule has 3 N–H and O–H groups in total. The molecule has 3 rings (SSSR count). The van der Waals surface area contributed by atoms with E-state index in [9.17, 15) is 13.2 Å². The van der Waals surface area contributed by atoms with Gasteiger partial charge in [-0.15, -0.1) is 24.0 Å². The van der Waals surface area contributed by atoms with Crippen LogP contribution in [-0.2, 0) is 0 Å². The summed E-state index contributed by atoms with van der Waals surface area (Å²) in [6.07, 6.45) is 4.39. The topological polar surface area (TPSA) is 53.6 Å². The Balaban J connectivity index is 0.00000225. The van der Waals surface area contributed by atoms with Crippen LogP contribution in [0.1, 0.15) is 57.8 Å². The molecule has 3 aliphatic rings. The highest BCUT2D eigenvalue weighted by molar-refractivity contribution is 14.0. The standard InChI is InChI=1S/C17H29F3N4.HI/c18-17(19,20)12-6-8-24(9-7-12)15-10-14(11-15)23-16(21)22-13-4-2-1-3-5-13;/h12-15H,1-11H2,(H3,21,22,23);1H. The fraction of sp³-hybridized carbons (Fsp3) is 0.941. The number of likely N-dealkylation sites (tertiary alicyclic amines) is 1. The van der Waals surface area contributed by atoms with E-state index in [4.69, 9.17) is 5.73 Å². The quantitative estimate of drug-likeness (QED) is 0.373. The van der Waals surface area contributed by atoms with Crippen molar-refractivity contribution < 1.29 is 13.2 Å². The van der Waals surface area contributed by atoms with Crippen LogP contribution < -0.4 is 11.1 Å². The van der Waals surface area contributed by atoms with E-state index in [1.165, 1.54) is 19.3 Å². The fourth-order valence-electron chi connectivity index (χ4n) is 4.25. The molecule has 146 valence electrons. The third-order valence-corrected chi connectivity index (χ3v) is 5.87. The normalized spacial score (nSPS) is 30.4. The first kappa shape index (κ1) is 21.1. The monoisotopic (exact) mass is 474 g/mol. The number of halogens is 4. The summed E-state index contributed by atoms with van der Waals surface area (Å²) in [5, 5.41) is 3.29. The van der Waals surface area contributed by atoms with E-state index >= 15 is 0 Å². The first-order valence-corrected chi connectivity index (χ1v) is 9.32. The maximum absolute atomic E-state index is 12.7. The van der Waals surface area contributed by atoms with E-state index in [2.05, 4.69) is 15.2 Å². The molecular formula is C17H30F3IN4. The first-order chi connectivity index (χ1) is 11.4. The summed E-state index contributed by atoms with van der Waals surface area (Å²) in [4.78, 5) is 6.79. The summed E-state index contributed by atoms with van der Waals surface area (Å²) >= 11 is 0. The zero-order chi connectivity index (χ0) is 17.2. The minimum Gasteiger partial charge on any atom is -0.370 e. The highest BCUT2D eigenvalue weighted by atomic mass is 127. The average Bonchev–Trinajstić information content (AvgIpc) is 2.51. The molecule has 4 nitrogen and oxygen atoms in total. The molecule has 1 saturated heterocycles. The molecule has 0 bridgehead atoms. The van der Waals surface area contributed by atoms with Gasteiger partial charge in [0.25, 0.3) is 0 Å². The van der Waals surface area contributed by atoms with Crippen molar-refractivity contribution in [3.05, 3.63) is 0 Å². The first-order valence-electron chi connectivity index (χ1n) is 9.32. The predicted octanol–water partition coefficient (Wildman–Crippen LogP) is 3.65. The van der Waals surface area contributed by atoms with E-state index in [0.29, 0.717) is 37.2 Å². The second-order valence-corrected chi connectivity index (χ2v) is 7.62. The van der Waals surface area contributed by atoms with Gasteiger partial charge in [0.2, 0.25) is 0 Å². The summed E-state index contributed by atoms with van der Waals surface area (Å²) < 4.78 is 38.1. The van der Waals surface area contributed by atoms with E-state index < -0.39 is 12.1 Å². The number of alkyl halides is 3. The van der Waals surface area contributed by atoms with Crippen molar-refractivity contribution in [2.75, 3.05) is 13.1 Å². The lowest BCUT2D eigenvalue weighted by Crippen LogP contribution is -2.57. The van der Waals surface area contributed by atoms with Crippen LogP contribution in [0.4, 0.5) is 13.2 Å². The Hall–Kier alpha value is -0.250. The third-order valence-electron chi connectivity index (χ3n) is 5.87. The Morgan fingerprint density at radius 3 is 2.16 bits per heavy atom. The minimum absolute atomic E-state index is 0. The molecule has 2 aliphatic carbocycles. The molecule has 0 unspecified atom stereocenters. The molecule has 0 atom stereocenters. The van der Waals surface area contributed by atoms with Gasteiger partial charge in [0.1, 0.15) is 0 Å². The Labute approximate surface area is 165 Å². The highest BCUT2D eigenvalue weighted by Gasteiger charge is 2.43. The maximum Gasteiger partial charge on any atom is 0.391 e. The van der Waals surface area contributed by atoms with Crippen molar-refractivity contribution in [3.63, 3.8) is 0 Å². The average molecular weight is 474 g/mol. The Kier molecular flexibility index (Phi) is 7.67. The second kappa shape index (κ2) is 9.10. The number of aliphatic imine (C=N–C) groups is 1.